The van der Waals surface area contributed by atoms with E-state index in [9.17, 15) is 0 Å². The Balaban J connectivity index is 2.87. The number of aryl methyl sites for hydroxylation is 2. The maximum Gasteiger partial charge on any atom is 0.108 e. The molecule has 0 aliphatic rings. The van der Waals surface area contributed by atoms with Gasteiger partial charge in [0, 0.05) is 10.1 Å². The van der Waals surface area contributed by atoms with Gasteiger partial charge in [-0.05, 0) is 48.6 Å². The fraction of sp³-hybridized carbons (Fsp3) is 0.300. The lowest BCUT2D eigenvalue weighted by Gasteiger charge is -2.02. The average molecular weight is 321 g/mol. The van der Waals surface area contributed by atoms with Crippen molar-refractivity contribution in [1.29, 1.82) is 0 Å². The van der Waals surface area contributed by atoms with Crippen LogP contribution in [0.25, 0.3) is 11.0 Å². The second-order valence-electron chi connectivity index (χ2n) is 3.13. The van der Waals surface area contributed by atoms with Crippen molar-refractivity contribution in [3.63, 3.8) is 0 Å². The number of hydrogen-bond acceptors (Lipinski definition) is 1. The monoisotopic (exact) mass is 320 g/mol. The molecule has 14 heavy (non-hydrogen) atoms. The molecular weight excluding hydrogens is 310 g/mol. The summed E-state index contributed by atoms with van der Waals surface area (Å²) in [4.78, 5) is 4.47. The lowest BCUT2D eigenvalue weighted by molar-refractivity contribution is 0.753. The maximum absolute atomic E-state index is 6.18. The van der Waals surface area contributed by atoms with Crippen LogP contribution in [0.4, 0.5) is 0 Å². The summed E-state index contributed by atoms with van der Waals surface area (Å²) < 4.78 is 3.22. The quantitative estimate of drug-likeness (QED) is 0.734. The summed E-state index contributed by atoms with van der Waals surface area (Å²) in [5.41, 5.74) is 2.04. The van der Waals surface area contributed by atoms with Crippen LogP contribution in [-0.2, 0) is 6.54 Å². The van der Waals surface area contributed by atoms with Crippen molar-refractivity contribution >= 4 is 45.2 Å². The molecule has 0 saturated heterocycles. The highest BCUT2D eigenvalue weighted by Crippen LogP contribution is 2.28. The number of hydrogen-bond donors (Lipinski definition) is 0. The Labute approximate surface area is 101 Å². The van der Waals surface area contributed by atoms with Crippen LogP contribution >= 0.6 is 34.2 Å². The zero-order valence-electron chi connectivity index (χ0n) is 8.01. The number of rotatable bonds is 1. The Bertz CT molecular complexity index is 490. The predicted molar refractivity (Wildman–Crippen MR) is 67.9 cm³/mol. The Morgan fingerprint density at radius 3 is 2.86 bits per heavy atom. The second-order valence-corrected chi connectivity index (χ2v) is 4.67. The molecule has 0 amide bonds. The zero-order chi connectivity index (χ0) is 10.3. The van der Waals surface area contributed by atoms with E-state index < -0.39 is 0 Å². The van der Waals surface area contributed by atoms with Gasteiger partial charge in [-0.25, -0.2) is 4.98 Å². The standard InChI is InChI=1S/C10H10ClIN2/c1-3-14-6(2)13-10-8(14)5-4-7(12)9(10)11/h4-5H,3H2,1-2H3. The minimum Gasteiger partial charge on any atom is -0.328 e. The van der Waals surface area contributed by atoms with Gasteiger partial charge in [-0.1, -0.05) is 11.6 Å². The van der Waals surface area contributed by atoms with Gasteiger partial charge >= 0.3 is 0 Å². The van der Waals surface area contributed by atoms with Gasteiger partial charge in [0.2, 0.25) is 0 Å². The van der Waals surface area contributed by atoms with Gasteiger partial charge < -0.3 is 4.57 Å². The molecule has 0 N–H and O–H groups in total. The molecular formula is C10H10ClIN2. The Morgan fingerprint density at radius 1 is 1.50 bits per heavy atom. The van der Waals surface area contributed by atoms with E-state index in [0.29, 0.717) is 0 Å². The molecule has 0 aliphatic carbocycles. The van der Waals surface area contributed by atoms with E-state index in [1.807, 2.05) is 13.0 Å². The van der Waals surface area contributed by atoms with Crippen molar-refractivity contribution in [2.75, 3.05) is 0 Å². The largest absolute Gasteiger partial charge is 0.328 e. The van der Waals surface area contributed by atoms with E-state index in [1.54, 1.807) is 0 Å². The molecule has 1 aromatic heterocycles. The minimum atomic E-state index is 0.762. The molecule has 1 heterocycles. The molecule has 0 saturated carbocycles. The first-order chi connectivity index (χ1) is 6.65. The summed E-state index contributed by atoms with van der Waals surface area (Å²) in [6.07, 6.45) is 0. The van der Waals surface area contributed by atoms with E-state index in [0.717, 1.165) is 32.0 Å². The first-order valence-electron chi connectivity index (χ1n) is 4.46. The van der Waals surface area contributed by atoms with Crippen molar-refractivity contribution in [3.8, 4) is 0 Å². The van der Waals surface area contributed by atoms with Gasteiger partial charge in [0.05, 0.1) is 10.5 Å². The summed E-state index contributed by atoms with van der Waals surface area (Å²) in [7, 11) is 0. The predicted octanol–water partition coefficient (Wildman–Crippen LogP) is 3.62. The molecule has 1 aromatic carbocycles. The number of benzene rings is 1. The zero-order valence-corrected chi connectivity index (χ0v) is 10.9. The van der Waals surface area contributed by atoms with Crippen molar-refractivity contribution < 1.29 is 0 Å². The van der Waals surface area contributed by atoms with E-state index in [4.69, 9.17) is 11.6 Å². The van der Waals surface area contributed by atoms with Crippen molar-refractivity contribution in [2.45, 2.75) is 20.4 Å². The molecule has 0 fully saturated rings. The van der Waals surface area contributed by atoms with Crippen LogP contribution in [0.15, 0.2) is 12.1 Å². The Morgan fingerprint density at radius 2 is 2.21 bits per heavy atom. The van der Waals surface area contributed by atoms with E-state index in [1.165, 1.54) is 0 Å². The number of imidazole rings is 1. The summed E-state index contributed by atoms with van der Waals surface area (Å²) in [5, 5.41) is 0.762. The molecule has 74 valence electrons. The molecule has 4 heteroatoms. The highest BCUT2D eigenvalue weighted by Gasteiger charge is 2.10. The second kappa shape index (κ2) is 3.70. The summed E-state index contributed by atoms with van der Waals surface area (Å²) >= 11 is 8.41. The molecule has 0 spiro atoms. The molecule has 0 bridgehead atoms. The normalized spacial score (nSPS) is 11.1. The lowest BCUT2D eigenvalue weighted by Crippen LogP contribution is -1.95. The SMILES string of the molecule is CCn1c(C)nc2c(Cl)c(I)ccc21. The molecule has 0 aliphatic heterocycles. The first kappa shape index (κ1) is 10.2. The fourth-order valence-electron chi connectivity index (χ4n) is 1.65. The minimum absolute atomic E-state index is 0.762. The smallest absolute Gasteiger partial charge is 0.108 e. The summed E-state index contributed by atoms with van der Waals surface area (Å²) in [6.45, 7) is 5.05. The van der Waals surface area contributed by atoms with Crippen LogP contribution in [0.2, 0.25) is 5.02 Å². The Hall–Kier alpha value is -0.290. The van der Waals surface area contributed by atoms with Gasteiger partial charge in [-0.2, -0.15) is 0 Å². The third-order valence-electron chi connectivity index (χ3n) is 2.32. The first-order valence-corrected chi connectivity index (χ1v) is 5.91. The topological polar surface area (TPSA) is 17.8 Å². The highest BCUT2D eigenvalue weighted by atomic mass is 127. The third-order valence-corrected chi connectivity index (χ3v) is 3.92. The molecule has 2 aromatic rings. The van der Waals surface area contributed by atoms with Crippen LogP contribution in [-0.4, -0.2) is 9.55 Å². The van der Waals surface area contributed by atoms with Gasteiger partial charge in [0.25, 0.3) is 0 Å². The van der Waals surface area contributed by atoms with E-state index in [2.05, 4.69) is 45.1 Å². The van der Waals surface area contributed by atoms with Crippen LogP contribution in [0.3, 0.4) is 0 Å². The summed E-state index contributed by atoms with van der Waals surface area (Å²) in [6, 6.07) is 4.10. The number of halogens is 2. The molecule has 0 unspecified atom stereocenters. The van der Waals surface area contributed by atoms with E-state index in [-0.39, 0.29) is 0 Å². The number of nitrogens with zero attached hydrogens (tertiary/aromatic N) is 2. The van der Waals surface area contributed by atoms with Crippen LogP contribution in [0.5, 0.6) is 0 Å². The molecule has 2 nitrogen and oxygen atoms in total. The third kappa shape index (κ3) is 1.42. The van der Waals surface area contributed by atoms with Crippen molar-refractivity contribution in [3.05, 3.63) is 26.5 Å². The van der Waals surface area contributed by atoms with Crippen molar-refractivity contribution in [2.24, 2.45) is 0 Å². The van der Waals surface area contributed by atoms with Crippen LogP contribution in [0.1, 0.15) is 12.7 Å². The molecule has 0 radical (unpaired) electrons. The maximum atomic E-state index is 6.18. The van der Waals surface area contributed by atoms with Crippen molar-refractivity contribution in [1.82, 2.24) is 9.55 Å². The Kier molecular flexibility index (Phi) is 2.70. The molecule has 2 rings (SSSR count). The van der Waals surface area contributed by atoms with Gasteiger partial charge in [-0.15, -0.1) is 0 Å². The van der Waals surface area contributed by atoms with Crippen LogP contribution in [0, 0.1) is 10.5 Å². The molecule has 0 atom stereocenters. The highest BCUT2D eigenvalue weighted by molar-refractivity contribution is 14.1. The van der Waals surface area contributed by atoms with E-state index >= 15 is 0 Å². The number of fused-ring (bicyclic) bond motifs is 1. The number of aromatic nitrogens is 2. The van der Waals surface area contributed by atoms with Crippen LogP contribution < -0.4 is 0 Å². The van der Waals surface area contributed by atoms with Gasteiger partial charge in [-0.3, -0.25) is 0 Å². The van der Waals surface area contributed by atoms with Gasteiger partial charge in [0.1, 0.15) is 11.3 Å². The summed E-state index contributed by atoms with van der Waals surface area (Å²) in [5.74, 6) is 1.02. The average Bonchev–Trinajstić information content (AvgIpc) is 2.49. The fourth-order valence-corrected chi connectivity index (χ4v) is 2.29. The van der Waals surface area contributed by atoms with Gasteiger partial charge in [0.15, 0.2) is 0 Å². The lowest BCUT2D eigenvalue weighted by atomic mass is 10.3.